The quantitative estimate of drug-likeness (QED) is 0.891. The third kappa shape index (κ3) is 3.33. The Bertz CT molecular complexity index is 699. The fraction of sp³-hybridized carbons (Fsp3) is 0.312. The number of pyridine rings is 2. The average Bonchev–Trinajstić information content (AvgIpc) is 2.56. The van der Waals surface area contributed by atoms with Gasteiger partial charge in [0, 0.05) is 31.4 Å². The third-order valence-electron chi connectivity index (χ3n) is 3.74. The zero-order valence-corrected chi connectivity index (χ0v) is 12.2. The summed E-state index contributed by atoms with van der Waals surface area (Å²) in [5.41, 5.74) is 0.0221. The number of anilines is 1. The van der Waals surface area contributed by atoms with E-state index in [-0.39, 0.29) is 17.5 Å². The number of aromatic amines is 1. The maximum Gasteiger partial charge on any atom is 0.268 e. The summed E-state index contributed by atoms with van der Waals surface area (Å²) < 4.78 is 0. The predicted octanol–water partition coefficient (Wildman–Crippen LogP) is 1.17. The SMILES string of the molecule is O=C(NC1CCCN(c2ccccn2)C1)c1cccc(=O)[nH]1. The lowest BCUT2D eigenvalue weighted by Crippen LogP contribution is -2.48. The van der Waals surface area contributed by atoms with E-state index in [1.807, 2.05) is 18.2 Å². The van der Waals surface area contributed by atoms with Gasteiger partial charge in [-0.15, -0.1) is 0 Å². The predicted molar refractivity (Wildman–Crippen MR) is 84.0 cm³/mol. The number of H-pyrrole nitrogens is 1. The number of carbonyl (C=O) groups is 1. The van der Waals surface area contributed by atoms with Gasteiger partial charge in [0.2, 0.25) is 5.56 Å². The Labute approximate surface area is 128 Å². The molecular formula is C16H18N4O2. The van der Waals surface area contributed by atoms with Crippen LogP contribution in [0.15, 0.2) is 47.4 Å². The summed E-state index contributed by atoms with van der Waals surface area (Å²) in [6.07, 6.45) is 3.69. The molecule has 1 fully saturated rings. The lowest BCUT2D eigenvalue weighted by Gasteiger charge is -2.33. The molecule has 2 aromatic heterocycles. The second-order valence-corrected chi connectivity index (χ2v) is 5.38. The molecule has 2 N–H and O–H groups in total. The number of rotatable bonds is 3. The first kappa shape index (κ1) is 14.3. The third-order valence-corrected chi connectivity index (χ3v) is 3.74. The van der Waals surface area contributed by atoms with Crippen molar-refractivity contribution in [3.63, 3.8) is 0 Å². The molecule has 1 aliphatic heterocycles. The number of hydrogen-bond acceptors (Lipinski definition) is 4. The van der Waals surface area contributed by atoms with Crippen molar-refractivity contribution in [3.05, 3.63) is 58.6 Å². The number of nitrogens with one attached hydrogen (secondary N) is 2. The highest BCUT2D eigenvalue weighted by molar-refractivity contribution is 5.92. The normalized spacial score (nSPS) is 18.0. The zero-order valence-electron chi connectivity index (χ0n) is 12.2. The van der Waals surface area contributed by atoms with Crippen molar-refractivity contribution in [1.29, 1.82) is 0 Å². The molecular weight excluding hydrogens is 280 g/mol. The monoisotopic (exact) mass is 298 g/mol. The molecule has 0 aromatic carbocycles. The van der Waals surface area contributed by atoms with Gasteiger partial charge in [-0.05, 0) is 31.0 Å². The van der Waals surface area contributed by atoms with Crippen LogP contribution in [0.4, 0.5) is 5.82 Å². The Morgan fingerprint density at radius 1 is 1.27 bits per heavy atom. The van der Waals surface area contributed by atoms with Crippen LogP contribution in [0.2, 0.25) is 0 Å². The van der Waals surface area contributed by atoms with Crippen molar-refractivity contribution in [2.45, 2.75) is 18.9 Å². The summed E-state index contributed by atoms with van der Waals surface area (Å²) in [4.78, 5) is 32.5. The Kier molecular flexibility index (Phi) is 4.18. The minimum absolute atomic E-state index is 0.0481. The Morgan fingerprint density at radius 3 is 2.95 bits per heavy atom. The molecule has 1 saturated heterocycles. The van der Waals surface area contributed by atoms with E-state index < -0.39 is 0 Å². The van der Waals surface area contributed by atoms with Gasteiger partial charge < -0.3 is 15.2 Å². The lowest BCUT2D eigenvalue weighted by atomic mass is 10.1. The second-order valence-electron chi connectivity index (χ2n) is 5.38. The van der Waals surface area contributed by atoms with Crippen molar-refractivity contribution < 1.29 is 4.79 Å². The summed E-state index contributed by atoms with van der Waals surface area (Å²) >= 11 is 0. The van der Waals surface area contributed by atoms with Crippen LogP contribution in [0.3, 0.4) is 0 Å². The molecule has 2 aromatic rings. The number of amides is 1. The molecule has 114 valence electrons. The van der Waals surface area contributed by atoms with Gasteiger partial charge in [-0.25, -0.2) is 4.98 Å². The molecule has 0 bridgehead atoms. The molecule has 0 saturated carbocycles. The maximum absolute atomic E-state index is 12.2. The number of piperidine rings is 1. The Hall–Kier alpha value is -2.63. The number of hydrogen-bond donors (Lipinski definition) is 2. The summed E-state index contributed by atoms with van der Waals surface area (Å²) in [6, 6.07) is 10.4. The van der Waals surface area contributed by atoms with E-state index >= 15 is 0 Å². The molecule has 0 aliphatic carbocycles. The molecule has 0 spiro atoms. The van der Waals surface area contributed by atoms with E-state index in [1.54, 1.807) is 18.3 Å². The molecule has 1 amide bonds. The average molecular weight is 298 g/mol. The van der Waals surface area contributed by atoms with Crippen LogP contribution in [0.1, 0.15) is 23.3 Å². The van der Waals surface area contributed by atoms with Gasteiger partial charge in [0.1, 0.15) is 11.5 Å². The van der Waals surface area contributed by atoms with Crippen molar-refractivity contribution >= 4 is 11.7 Å². The zero-order chi connectivity index (χ0) is 15.4. The highest BCUT2D eigenvalue weighted by atomic mass is 16.2. The van der Waals surface area contributed by atoms with E-state index in [9.17, 15) is 9.59 Å². The van der Waals surface area contributed by atoms with E-state index in [2.05, 4.69) is 20.2 Å². The Morgan fingerprint density at radius 2 is 2.18 bits per heavy atom. The molecule has 1 unspecified atom stereocenters. The molecule has 1 aliphatic rings. The first-order chi connectivity index (χ1) is 10.7. The maximum atomic E-state index is 12.2. The van der Waals surface area contributed by atoms with Gasteiger partial charge >= 0.3 is 0 Å². The smallest absolute Gasteiger partial charge is 0.268 e. The first-order valence-corrected chi connectivity index (χ1v) is 7.38. The molecule has 3 rings (SSSR count). The summed E-state index contributed by atoms with van der Waals surface area (Å²) in [7, 11) is 0. The summed E-state index contributed by atoms with van der Waals surface area (Å²) in [5.74, 6) is 0.681. The Balaban J connectivity index is 1.65. The van der Waals surface area contributed by atoms with Gasteiger partial charge in [0.05, 0.1) is 0 Å². The fourth-order valence-corrected chi connectivity index (χ4v) is 2.69. The van der Waals surface area contributed by atoms with Gasteiger partial charge in [-0.1, -0.05) is 12.1 Å². The molecule has 22 heavy (non-hydrogen) atoms. The minimum atomic E-state index is -0.272. The van der Waals surface area contributed by atoms with E-state index in [0.29, 0.717) is 5.69 Å². The van der Waals surface area contributed by atoms with Crippen LogP contribution in [-0.4, -0.2) is 35.0 Å². The standard InChI is InChI=1S/C16H18N4O2/c21-15-8-3-6-13(19-15)16(22)18-12-5-4-10-20(11-12)14-7-1-2-9-17-14/h1-3,6-9,12H,4-5,10-11H2,(H,18,22)(H,19,21). The van der Waals surface area contributed by atoms with Crippen molar-refractivity contribution in [1.82, 2.24) is 15.3 Å². The van der Waals surface area contributed by atoms with Gasteiger partial charge in [-0.3, -0.25) is 9.59 Å². The lowest BCUT2D eigenvalue weighted by molar-refractivity contribution is 0.0928. The number of nitrogens with zero attached hydrogens (tertiary/aromatic N) is 2. The second kappa shape index (κ2) is 6.43. The van der Waals surface area contributed by atoms with Crippen molar-refractivity contribution in [3.8, 4) is 0 Å². The highest BCUT2D eigenvalue weighted by Crippen LogP contribution is 2.17. The van der Waals surface area contributed by atoms with Gasteiger partial charge in [-0.2, -0.15) is 0 Å². The summed E-state index contributed by atoms with van der Waals surface area (Å²) in [6.45, 7) is 1.66. The van der Waals surface area contributed by atoms with E-state index in [4.69, 9.17) is 0 Å². The van der Waals surface area contributed by atoms with Crippen LogP contribution < -0.4 is 15.8 Å². The van der Waals surface area contributed by atoms with Crippen LogP contribution in [0, 0.1) is 0 Å². The van der Waals surface area contributed by atoms with Crippen LogP contribution >= 0.6 is 0 Å². The molecule has 3 heterocycles. The highest BCUT2D eigenvalue weighted by Gasteiger charge is 2.22. The van der Waals surface area contributed by atoms with Gasteiger partial charge in [0.15, 0.2) is 0 Å². The number of aromatic nitrogens is 2. The van der Waals surface area contributed by atoms with Gasteiger partial charge in [0.25, 0.3) is 5.91 Å². The summed E-state index contributed by atoms with van der Waals surface area (Å²) in [5, 5.41) is 2.98. The van der Waals surface area contributed by atoms with E-state index in [0.717, 1.165) is 31.7 Å². The topological polar surface area (TPSA) is 78.1 Å². The van der Waals surface area contributed by atoms with Crippen LogP contribution in [0.25, 0.3) is 0 Å². The van der Waals surface area contributed by atoms with Crippen molar-refractivity contribution in [2.24, 2.45) is 0 Å². The molecule has 1 atom stereocenters. The van der Waals surface area contributed by atoms with Crippen LogP contribution in [-0.2, 0) is 0 Å². The molecule has 6 nitrogen and oxygen atoms in total. The molecule has 6 heteroatoms. The van der Waals surface area contributed by atoms with E-state index in [1.165, 1.54) is 6.07 Å². The number of carbonyl (C=O) groups excluding carboxylic acids is 1. The largest absolute Gasteiger partial charge is 0.355 e. The first-order valence-electron chi connectivity index (χ1n) is 7.38. The fourth-order valence-electron chi connectivity index (χ4n) is 2.69. The molecule has 0 radical (unpaired) electrons. The van der Waals surface area contributed by atoms with Crippen LogP contribution in [0.5, 0.6) is 0 Å². The van der Waals surface area contributed by atoms with Crippen molar-refractivity contribution in [2.75, 3.05) is 18.0 Å². The minimum Gasteiger partial charge on any atom is -0.355 e.